The molecule has 1 amide bonds. The number of imidazole rings is 1. The standard InChI is InChI=1S/C29H44N4O6/c1-19(2)24(25(34)26-31-22-12-8-9-13-23(22)33(26)14-10-11-15-37-6)30-21-16-20(27(35)38-7)17-32(18-21)28(36)39-29(3,4)5/h8-9,12-13,19-21,24,30H,10-11,14-18H2,1-7H3. The Morgan fingerprint density at radius 1 is 1.10 bits per heavy atom. The highest BCUT2D eigenvalue weighted by molar-refractivity contribution is 6.00. The van der Waals surface area contributed by atoms with Crippen molar-refractivity contribution in [3.05, 3.63) is 30.1 Å². The number of carbonyl (C=O) groups excluding carboxylic acids is 3. The number of nitrogens with zero attached hydrogens (tertiary/aromatic N) is 3. The number of ketones is 1. The Morgan fingerprint density at radius 2 is 1.82 bits per heavy atom. The summed E-state index contributed by atoms with van der Waals surface area (Å²) in [6.07, 6.45) is 1.67. The van der Waals surface area contributed by atoms with Crippen LogP contribution in [0.3, 0.4) is 0 Å². The van der Waals surface area contributed by atoms with Gasteiger partial charge < -0.3 is 29.0 Å². The highest BCUT2D eigenvalue weighted by Crippen LogP contribution is 2.24. The van der Waals surface area contributed by atoms with Crippen LogP contribution in [0.5, 0.6) is 0 Å². The number of unbranched alkanes of at least 4 members (excludes halogenated alkanes) is 1. The molecule has 0 spiro atoms. The number of para-hydroxylation sites is 2. The highest BCUT2D eigenvalue weighted by Gasteiger charge is 2.39. The minimum absolute atomic E-state index is 0.0623. The fourth-order valence-electron chi connectivity index (χ4n) is 5.00. The molecule has 3 rings (SSSR count). The molecule has 0 radical (unpaired) electrons. The van der Waals surface area contributed by atoms with Crippen LogP contribution in [0.25, 0.3) is 11.0 Å². The van der Waals surface area contributed by atoms with E-state index in [1.165, 1.54) is 12.0 Å². The Kier molecular flexibility index (Phi) is 10.5. The van der Waals surface area contributed by atoms with Crippen molar-refractivity contribution in [2.45, 2.75) is 78.1 Å². The second-order valence-electron chi connectivity index (χ2n) is 11.6. The average molecular weight is 545 g/mol. The summed E-state index contributed by atoms with van der Waals surface area (Å²) < 4.78 is 17.8. The van der Waals surface area contributed by atoms with Crippen molar-refractivity contribution >= 4 is 28.9 Å². The third-order valence-corrected chi connectivity index (χ3v) is 6.86. The molecule has 3 unspecified atom stereocenters. The maximum absolute atomic E-state index is 14.0. The van der Waals surface area contributed by atoms with E-state index in [1.54, 1.807) is 27.9 Å². The lowest BCUT2D eigenvalue weighted by Gasteiger charge is -2.39. The van der Waals surface area contributed by atoms with E-state index in [9.17, 15) is 14.4 Å². The van der Waals surface area contributed by atoms with Crippen LogP contribution in [-0.4, -0.2) is 83.9 Å². The molecule has 1 aliphatic rings. The molecule has 1 aliphatic heterocycles. The summed E-state index contributed by atoms with van der Waals surface area (Å²) in [4.78, 5) is 45.7. The van der Waals surface area contributed by atoms with Gasteiger partial charge in [0, 0.05) is 39.4 Å². The number of aryl methyl sites for hydroxylation is 1. The number of Topliss-reactive ketones (excluding diaryl/α,β-unsaturated/α-hetero) is 1. The number of nitrogens with one attached hydrogen (secondary N) is 1. The van der Waals surface area contributed by atoms with Crippen LogP contribution >= 0.6 is 0 Å². The van der Waals surface area contributed by atoms with Crippen molar-refractivity contribution in [2.75, 3.05) is 33.9 Å². The summed E-state index contributed by atoms with van der Waals surface area (Å²) in [6, 6.07) is 6.87. The number of piperidine rings is 1. The van der Waals surface area contributed by atoms with Gasteiger partial charge in [0.05, 0.1) is 30.1 Å². The number of esters is 1. The Hall–Kier alpha value is -2.98. The highest BCUT2D eigenvalue weighted by atomic mass is 16.6. The van der Waals surface area contributed by atoms with Crippen LogP contribution in [0.15, 0.2) is 24.3 Å². The second-order valence-corrected chi connectivity index (χ2v) is 11.6. The number of hydrogen-bond acceptors (Lipinski definition) is 8. The molecule has 3 atom stereocenters. The van der Waals surface area contributed by atoms with E-state index in [2.05, 4.69) is 5.32 Å². The third-order valence-electron chi connectivity index (χ3n) is 6.86. The molecule has 216 valence electrons. The maximum Gasteiger partial charge on any atom is 0.410 e. The van der Waals surface area contributed by atoms with Crippen molar-refractivity contribution in [3.63, 3.8) is 0 Å². The third kappa shape index (κ3) is 8.02. The Bertz CT molecular complexity index is 1140. The fraction of sp³-hybridized carbons (Fsp3) is 0.655. The molecule has 0 saturated carbocycles. The summed E-state index contributed by atoms with van der Waals surface area (Å²) in [5, 5.41) is 3.48. The number of aromatic nitrogens is 2. The predicted octanol–water partition coefficient (Wildman–Crippen LogP) is 4.06. The van der Waals surface area contributed by atoms with Crippen LogP contribution in [0, 0.1) is 11.8 Å². The first-order chi connectivity index (χ1) is 18.4. The van der Waals surface area contributed by atoms with Gasteiger partial charge in [-0.15, -0.1) is 0 Å². The molecule has 1 fully saturated rings. The number of fused-ring (bicyclic) bond motifs is 1. The topological polar surface area (TPSA) is 112 Å². The first-order valence-electron chi connectivity index (χ1n) is 13.7. The largest absolute Gasteiger partial charge is 0.469 e. The van der Waals surface area contributed by atoms with E-state index in [4.69, 9.17) is 19.2 Å². The average Bonchev–Trinajstić information content (AvgIpc) is 3.26. The molecule has 1 aromatic heterocycles. The molecule has 0 bridgehead atoms. The van der Waals surface area contributed by atoms with Crippen molar-refractivity contribution < 1.29 is 28.6 Å². The Balaban J connectivity index is 1.87. The normalized spacial score (nSPS) is 18.8. The Morgan fingerprint density at radius 3 is 2.46 bits per heavy atom. The van der Waals surface area contributed by atoms with Crippen LogP contribution < -0.4 is 5.32 Å². The molecule has 1 saturated heterocycles. The number of rotatable bonds is 11. The smallest absolute Gasteiger partial charge is 0.410 e. The zero-order valence-electron chi connectivity index (χ0n) is 24.4. The molecule has 10 nitrogen and oxygen atoms in total. The van der Waals surface area contributed by atoms with Crippen LogP contribution in [-0.2, 0) is 25.5 Å². The summed E-state index contributed by atoms with van der Waals surface area (Å²) >= 11 is 0. The lowest BCUT2D eigenvalue weighted by atomic mass is 9.91. The zero-order chi connectivity index (χ0) is 28.7. The van der Waals surface area contributed by atoms with Crippen molar-refractivity contribution in [1.29, 1.82) is 0 Å². The first-order valence-corrected chi connectivity index (χ1v) is 13.7. The van der Waals surface area contributed by atoms with Gasteiger partial charge in [0.25, 0.3) is 0 Å². The number of hydrogen-bond donors (Lipinski definition) is 1. The summed E-state index contributed by atoms with van der Waals surface area (Å²) in [6.45, 7) is 11.2. The van der Waals surface area contributed by atoms with Gasteiger partial charge in [0.1, 0.15) is 5.60 Å². The fourth-order valence-corrected chi connectivity index (χ4v) is 5.00. The van der Waals surface area contributed by atoms with E-state index in [1.807, 2.05) is 42.7 Å². The van der Waals surface area contributed by atoms with E-state index < -0.39 is 23.7 Å². The van der Waals surface area contributed by atoms with Gasteiger partial charge in [0.15, 0.2) is 5.82 Å². The minimum atomic E-state index is -0.670. The SMILES string of the molecule is COCCCCn1c(C(=O)C(NC2CC(C(=O)OC)CN(C(=O)OC(C)(C)C)C2)C(C)C)nc2ccccc21. The molecular formula is C29H44N4O6. The van der Waals surface area contributed by atoms with Gasteiger partial charge in [-0.05, 0) is 58.1 Å². The molecule has 39 heavy (non-hydrogen) atoms. The van der Waals surface area contributed by atoms with E-state index in [0.717, 1.165) is 23.9 Å². The molecule has 2 aromatic rings. The monoisotopic (exact) mass is 544 g/mol. The number of likely N-dealkylation sites (tertiary alicyclic amines) is 1. The molecule has 10 heteroatoms. The van der Waals surface area contributed by atoms with E-state index in [-0.39, 0.29) is 30.3 Å². The van der Waals surface area contributed by atoms with Crippen LogP contribution in [0.4, 0.5) is 4.79 Å². The molecule has 1 N–H and O–H groups in total. The van der Waals surface area contributed by atoms with Crippen LogP contribution in [0.1, 0.15) is 64.5 Å². The van der Waals surface area contributed by atoms with Crippen LogP contribution in [0.2, 0.25) is 0 Å². The lowest BCUT2D eigenvalue weighted by molar-refractivity contribution is -0.147. The minimum Gasteiger partial charge on any atom is -0.469 e. The lowest BCUT2D eigenvalue weighted by Crippen LogP contribution is -2.57. The quantitative estimate of drug-likeness (QED) is 0.256. The molecule has 0 aliphatic carbocycles. The molecular weight excluding hydrogens is 500 g/mol. The summed E-state index contributed by atoms with van der Waals surface area (Å²) in [5.74, 6) is -0.684. The Labute approximate surface area is 231 Å². The van der Waals surface area contributed by atoms with Gasteiger partial charge in [-0.1, -0.05) is 26.0 Å². The zero-order valence-corrected chi connectivity index (χ0v) is 24.4. The second kappa shape index (κ2) is 13.4. The van der Waals surface area contributed by atoms with E-state index in [0.29, 0.717) is 31.9 Å². The van der Waals surface area contributed by atoms with Crippen molar-refractivity contribution in [1.82, 2.24) is 19.8 Å². The van der Waals surface area contributed by atoms with Crippen molar-refractivity contribution in [2.24, 2.45) is 11.8 Å². The van der Waals surface area contributed by atoms with Crippen molar-refractivity contribution in [3.8, 4) is 0 Å². The van der Waals surface area contributed by atoms with Gasteiger partial charge in [-0.2, -0.15) is 0 Å². The number of amides is 1. The molecule has 2 heterocycles. The summed E-state index contributed by atoms with van der Waals surface area (Å²) in [5.41, 5.74) is 1.02. The molecule has 1 aromatic carbocycles. The number of carbonyl (C=O) groups is 3. The van der Waals surface area contributed by atoms with Gasteiger partial charge in [0.2, 0.25) is 5.78 Å². The van der Waals surface area contributed by atoms with Gasteiger partial charge >= 0.3 is 12.1 Å². The summed E-state index contributed by atoms with van der Waals surface area (Å²) in [7, 11) is 3.02. The number of methoxy groups -OCH3 is 2. The number of ether oxygens (including phenoxy) is 3. The van der Waals surface area contributed by atoms with Gasteiger partial charge in [-0.25, -0.2) is 9.78 Å². The van der Waals surface area contributed by atoms with Gasteiger partial charge in [-0.3, -0.25) is 9.59 Å². The first kappa shape index (κ1) is 30.6. The maximum atomic E-state index is 14.0. The number of benzene rings is 1. The van der Waals surface area contributed by atoms with E-state index >= 15 is 0 Å². The predicted molar refractivity (Wildman–Crippen MR) is 149 cm³/mol.